The highest BCUT2D eigenvalue weighted by atomic mass is 32.2. The largest absolute Gasteiger partial charge is 0.381 e. The molecule has 0 heterocycles. The summed E-state index contributed by atoms with van der Waals surface area (Å²) >= 11 is 0. The third-order valence-electron chi connectivity index (χ3n) is 3.32. The van der Waals surface area contributed by atoms with Crippen molar-refractivity contribution in [2.45, 2.75) is 43.5 Å². The van der Waals surface area contributed by atoms with Gasteiger partial charge in [-0.2, -0.15) is 0 Å². The molecular weight excluding hydrogens is 258 g/mol. The van der Waals surface area contributed by atoms with Crippen molar-refractivity contribution in [2.75, 3.05) is 11.1 Å². The van der Waals surface area contributed by atoms with Gasteiger partial charge in [0.05, 0.1) is 16.3 Å². The highest BCUT2D eigenvalue weighted by Gasteiger charge is 2.19. The molecule has 0 saturated heterocycles. The Morgan fingerprint density at radius 3 is 2.74 bits per heavy atom. The summed E-state index contributed by atoms with van der Waals surface area (Å²) < 4.78 is 24.5. The average molecular weight is 279 g/mol. The fourth-order valence-corrected chi connectivity index (χ4v) is 3.89. The van der Waals surface area contributed by atoms with Gasteiger partial charge in [0, 0.05) is 6.04 Å². The minimum absolute atomic E-state index is 0.205. The number of hydrogen-bond donors (Lipinski definition) is 1. The van der Waals surface area contributed by atoms with Crippen LogP contribution in [0.1, 0.15) is 32.6 Å². The van der Waals surface area contributed by atoms with Gasteiger partial charge in [-0.3, -0.25) is 0 Å². The number of benzene rings is 1. The van der Waals surface area contributed by atoms with E-state index in [-0.39, 0.29) is 5.75 Å². The van der Waals surface area contributed by atoms with E-state index in [0.717, 1.165) is 24.9 Å². The van der Waals surface area contributed by atoms with Crippen molar-refractivity contribution in [3.8, 4) is 0 Å². The zero-order valence-corrected chi connectivity index (χ0v) is 12.1. The van der Waals surface area contributed by atoms with Crippen LogP contribution in [-0.2, 0) is 9.84 Å². The van der Waals surface area contributed by atoms with Gasteiger partial charge in [0.15, 0.2) is 9.84 Å². The van der Waals surface area contributed by atoms with Crippen LogP contribution in [0.5, 0.6) is 0 Å². The summed E-state index contributed by atoms with van der Waals surface area (Å²) in [4.78, 5) is 0.436. The molecule has 1 unspecified atom stereocenters. The monoisotopic (exact) mass is 279 g/mol. The molecule has 19 heavy (non-hydrogen) atoms. The van der Waals surface area contributed by atoms with E-state index >= 15 is 0 Å². The van der Waals surface area contributed by atoms with Crippen LogP contribution in [0.4, 0.5) is 5.69 Å². The molecule has 1 aliphatic rings. The number of rotatable bonds is 5. The van der Waals surface area contributed by atoms with Crippen molar-refractivity contribution in [1.82, 2.24) is 0 Å². The molecule has 104 valence electrons. The predicted octanol–water partition coefficient (Wildman–Crippen LogP) is 3.39. The fourth-order valence-electron chi connectivity index (χ4n) is 2.38. The third-order valence-corrected chi connectivity index (χ3v) is 5.30. The lowest BCUT2D eigenvalue weighted by Gasteiger charge is -2.22. The van der Waals surface area contributed by atoms with E-state index in [1.165, 1.54) is 0 Å². The molecule has 0 saturated carbocycles. The van der Waals surface area contributed by atoms with Crippen molar-refractivity contribution in [1.29, 1.82) is 0 Å². The summed E-state index contributed by atoms with van der Waals surface area (Å²) in [5.41, 5.74) is 0.747. The Kier molecular flexibility index (Phi) is 4.64. The van der Waals surface area contributed by atoms with Gasteiger partial charge in [-0.15, -0.1) is 0 Å². The Balaban J connectivity index is 2.23. The molecule has 1 atom stereocenters. The molecule has 0 radical (unpaired) electrons. The maximum absolute atomic E-state index is 12.2. The maximum Gasteiger partial charge on any atom is 0.180 e. The first-order valence-corrected chi connectivity index (χ1v) is 8.52. The summed E-state index contributed by atoms with van der Waals surface area (Å²) in [6.45, 7) is 1.89. The fraction of sp³-hybridized carbons (Fsp3) is 0.467. The first-order chi connectivity index (χ1) is 9.13. The van der Waals surface area contributed by atoms with E-state index in [4.69, 9.17) is 0 Å². The number of anilines is 1. The van der Waals surface area contributed by atoms with Crippen LogP contribution < -0.4 is 5.32 Å². The summed E-state index contributed by atoms with van der Waals surface area (Å²) in [7, 11) is -3.17. The standard InChI is InChI=1S/C15H21NO2S/c1-2-12-19(17,18)15-11-7-6-10-14(15)16-13-8-4-3-5-9-13/h3-4,6-7,10-11,13,16H,2,5,8-9,12H2,1H3. The lowest BCUT2D eigenvalue weighted by Crippen LogP contribution is -2.22. The molecule has 4 heteroatoms. The third kappa shape index (κ3) is 3.60. The van der Waals surface area contributed by atoms with E-state index in [1.54, 1.807) is 12.1 Å². The van der Waals surface area contributed by atoms with Gasteiger partial charge >= 0.3 is 0 Å². The molecule has 2 rings (SSSR count). The van der Waals surface area contributed by atoms with Gasteiger partial charge in [-0.05, 0) is 37.8 Å². The average Bonchev–Trinajstić information content (AvgIpc) is 2.40. The van der Waals surface area contributed by atoms with Gasteiger partial charge in [0.25, 0.3) is 0 Å². The normalized spacial score (nSPS) is 19.3. The summed E-state index contributed by atoms with van der Waals surface area (Å²) in [5.74, 6) is 0.205. The number of para-hydroxylation sites is 1. The van der Waals surface area contributed by atoms with E-state index in [2.05, 4.69) is 17.5 Å². The molecule has 1 aliphatic carbocycles. The van der Waals surface area contributed by atoms with Crippen LogP contribution in [0.2, 0.25) is 0 Å². The van der Waals surface area contributed by atoms with Crippen molar-refractivity contribution < 1.29 is 8.42 Å². The van der Waals surface area contributed by atoms with Crippen molar-refractivity contribution in [3.05, 3.63) is 36.4 Å². The smallest absolute Gasteiger partial charge is 0.180 e. The van der Waals surface area contributed by atoms with Gasteiger partial charge in [0.1, 0.15) is 0 Å². The molecule has 1 aromatic rings. The Bertz CT molecular complexity index is 549. The Morgan fingerprint density at radius 2 is 2.05 bits per heavy atom. The van der Waals surface area contributed by atoms with Crippen LogP contribution in [0.15, 0.2) is 41.3 Å². The molecular formula is C15H21NO2S. The molecule has 1 aromatic carbocycles. The number of allylic oxidation sites excluding steroid dienone is 1. The molecule has 0 spiro atoms. The maximum atomic E-state index is 12.2. The molecule has 0 bridgehead atoms. The number of hydrogen-bond acceptors (Lipinski definition) is 3. The zero-order valence-electron chi connectivity index (χ0n) is 11.3. The first kappa shape index (κ1) is 14.1. The van der Waals surface area contributed by atoms with Crippen LogP contribution in [0.3, 0.4) is 0 Å². The quantitative estimate of drug-likeness (QED) is 0.840. The number of nitrogens with one attached hydrogen (secondary N) is 1. The second kappa shape index (κ2) is 6.24. The minimum Gasteiger partial charge on any atom is -0.381 e. The van der Waals surface area contributed by atoms with Crippen LogP contribution in [0.25, 0.3) is 0 Å². The van der Waals surface area contributed by atoms with Crippen molar-refractivity contribution in [2.24, 2.45) is 0 Å². The van der Waals surface area contributed by atoms with Crippen LogP contribution in [0, 0.1) is 0 Å². The second-order valence-electron chi connectivity index (χ2n) is 4.94. The Hall–Kier alpha value is -1.29. The summed E-state index contributed by atoms with van der Waals surface area (Å²) in [6.07, 6.45) is 8.05. The molecule has 0 amide bonds. The molecule has 0 aliphatic heterocycles. The SMILES string of the molecule is CCCS(=O)(=O)c1ccccc1NC1CC=CCC1. The summed E-state index contributed by atoms with van der Waals surface area (Å²) in [5, 5.41) is 3.38. The highest BCUT2D eigenvalue weighted by molar-refractivity contribution is 7.91. The van der Waals surface area contributed by atoms with E-state index < -0.39 is 9.84 Å². The lowest BCUT2D eigenvalue weighted by atomic mass is 10.0. The first-order valence-electron chi connectivity index (χ1n) is 6.87. The molecule has 0 fully saturated rings. The van der Waals surface area contributed by atoms with Crippen LogP contribution >= 0.6 is 0 Å². The Labute approximate surface area is 115 Å². The van der Waals surface area contributed by atoms with Crippen molar-refractivity contribution in [3.63, 3.8) is 0 Å². The molecule has 0 aromatic heterocycles. The Morgan fingerprint density at radius 1 is 1.26 bits per heavy atom. The van der Waals surface area contributed by atoms with E-state index in [0.29, 0.717) is 17.4 Å². The van der Waals surface area contributed by atoms with Gasteiger partial charge in [0.2, 0.25) is 0 Å². The molecule has 1 N–H and O–H groups in total. The van der Waals surface area contributed by atoms with Gasteiger partial charge in [-0.1, -0.05) is 31.2 Å². The second-order valence-corrected chi connectivity index (χ2v) is 7.02. The minimum atomic E-state index is -3.17. The summed E-state index contributed by atoms with van der Waals surface area (Å²) in [6, 6.07) is 7.57. The molecule has 3 nitrogen and oxygen atoms in total. The van der Waals surface area contributed by atoms with Crippen LogP contribution in [-0.4, -0.2) is 20.2 Å². The van der Waals surface area contributed by atoms with Crippen molar-refractivity contribution >= 4 is 15.5 Å². The number of sulfone groups is 1. The lowest BCUT2D eigenvalue weighted by molar-refractivity contribution is 0.594. The highest BCUT2D eigenvalue weighted by Crippen LogP contribution is 2.25. The van der Waals surface area contributed by atoms with Gasteiger partial charge < -0.3 is 5.32 Å². The van der Waals surface area contributed by atoms with Gasteiger partial charge in [-0.25, -0.2) is 8.42 Å². The predicted molar refractivity (Wildman–Crippen MR) is 79.2 cm³/mol. The topological polar surface area (TPSA) is 46.2 Å². The van der Waals surface area contributed by atoms with E-state index in [9.17, 15) is 8.42 Å². The zero-order chi connectivity index (χ0) is 13.7. The van der Waals surface area contributed by atoms with E-state index in [1.807, 2.05) is 19.1 Å².